The Morgan fingerprint density at radius 1 is 1.03 bits per heavy atom. The van der Waals surface area contributed by atoms with Crippen LogP contribution >= 0.6 is 0 Å². The van der Waals surface area contributed by atoms with E-state index in [0.29, 0.717) is 40.7 Å². The molecule has 166 valence electrons. The van der Waals surface area contributed by atoms with Crippen LogP contribution in [0, 0.1) is 12.8 Å². The minimum Gasteiger partial charge on any atom is -0.493 e. The van der Waals surface area contributed by atoms with E-state index in [1.165, 1.54) is 39.2 Å². The Kier molecular flexibility index (Phi) is 7.55. The number of benzene rings is 2. The van der Waals surface area contributed by atoms with Gasteiger partial charge in [0.05, 0.1) is 14.2 Å². The molecule has 0 radical (unpaired) electrons. The summed E-state index contributed by atoms with van der Waals surface area (Å²) in [5.74, 6) is 0.948. The topological polar surface area (TPSA) is 90.6 Å². The van der Waals surface area contributed by atoms with Gasteiger partial charge in [-0.25, -0.2) is 0 Å². The number of nitrogens with two attached hydrogens (primary N) is 1. The molecule has 1 fully saturated rings. The quantitative estimate of drug-likeness (QED) is 0.632. The summed E-state index contributed by atoms with van der Waals surface area (Å²) >= 11 is 0. The van der Waals surface area contributed by atoms with Crippen molar-refractivity contribution in [1.82, 2.24) is 0 Å². The van der Waals surface area contributed by atoms with Crippen LogP contribution in [0.5, 0.6) is 11.5 Å². The predicted molar refractivity (Wildman–Crippen MR) is 122 cm³/mol. The molecule has 2 amide bonds. The molecule has 0 unspecified atom stereocenters. The lowest BCUT2D eigenvalue weighted by Crippen LogP contribution is -2.20. The van der Waals surface area contributed by atoms with Crippen molar-refractivity contribution in [3.05, 3.63) is 52.6 Å². The zero-order valence-electron chi connectivity index (χ0n) is 18.6. The van der Waals surface area contributed by atoms with E-state index in [2.05, 4.69) is 5.32 Å². The molecular formula is C25H32N2O4. The monoisotopic (exact) mass is 424 g/mol. The fraction of sp³-hybridized carbons (Fsp3) is 0.440. The Balaban J connectivity index is 1.89. The van der Waals surface area contributed by atoms with Gasteiger partial charge >= 0.3 is 0 Å². The van der Waals surface area contributed by atoms with Crippen LogP contribution in [0.15, 0.2) is 30.3 Å². The molecule has 0 saturated heterocycles. The second kappa shape index (κ2) is 10.3. The molecule has 6 nitrogen and oxygen atoms in total. The third kappa shape index (κ3) is 5.37. The summed E-state index contributed by atoms with van der Waals surface area (Å²) in [6.45, 7) is 1.93. The van der Waals surface area contributed by atoms with Gasteiger partial charge in [-0.05, 0) is 61.1 Å². The average Bonchev–Trinajstić information content (AvgIpc) is 2.79. The first-order valence-corrected chi connectivity index (χ1v) is 10.9. The van der Waals surface area contributed by atoms with Crippen LogP contribution < -0.4 is 20.5 Å². The van der Waals surface area contributed by atoms with Gasteiger partial charge in [0, 0.05) is 16.8 Å². The van der Waals surface area contributed by atoms with Gasteiger partial charge in [-0.1, -0.05) is 38.2 Å². The Morgan fingerprint density at radius 3 is 2.39 bits per heavy atom. The molecule has 0 aromatic heterocycles. The van der Waals surface area contributed by atoms with Crippen LogP contribution in [0.25, 0.3) is 0 Å². The van der Waals surface area contributed by atoms with E-state index in [1.807, 2.05) is 13.0 Å². The lowest BCUT2D eigenvalue weighted by Gasteiger charge is -2.23. The van der Waals surface area contributed by atoms with Gasteiger partial charge in [0.25, 0.3) is 5.91 Å². The number of hydrogen-bond acceptors (Lipinski definition) is 4. The molecule has 1 aliphatic rings. The fourth-order valence-corrected chi connectivity index (χ4v) is 4.42. The van der Waals surface area contributed by atoms with Gasteiger partial charge in [0.1, 0.15) is 0 Å². The van der Waals surface area contributed by atoms with Crippen molar-refractivity contribution in [1.29, 1.82) is 0 Å². The van der Waals surface area contributed by atoms with Crippen LogP contribution in [-0.4, -0.2) is 26.0 Å². The number of hydrogen-bond donors (Lipinski definition) is 2. The molecular weight excluding hydrogens is 392 g/mol. The van der Waals surface area contributed by atoms with Crippen LogP contribution in [0.1, 0.15) is 70.4 Å². The van der Waals surface area contributed by atoms with Gasteiger partial charge in [0.2, 0.25) is 5.91 Å². The van der Waals surface area contributed by atoms with Gasteiger partial charge in [-0.2, -0.15) is 0 Å². The summed E-state index contributed by atoms with van der Waals surface area (Å²) < 4.78 is 10.6. The number of carbonyl (C=O) groups is 2. The molecule has 0 aliphatic heterocycles. The second-order valence-electron chi connectivity index (χ2n) is 8.21. The third-order valence-corrected chi connectivity index (χ3v) is 6.20. The maximum atomic E-state index is 13.0. The second-order valence-corrected chi connectivity index (χ2v) is 8.21. The Morgan fingerprint density at radius 2 is 1.74 bits per heavy atom. The molecule has 0 bridgehead atoms. The van der Waals surface area contributed by atoms with Crippen molar-refractivity contribution in [2.75, 3.05) is 19.5 Å². The van der Waals surface area contributed by atoms with Crippen LogP contribution in [-0.2, 0) is 6.42 Å². The first kappa shape index (κ1) is 22.7. The number of anilines is 1. The molecule has 1 saturated carbocycles. The van der Waals surface area contributed by atoms with Crippen LogP contribution in [0.3, 0.4) is 0 Å². The fourth-order valence-electron chi connectivity index (χ4n) is 4.42. The van der Waals surface area contributed by atoms with Gasteiger partial charge < -0.3 is 20.5 Å². The number of amides is 2. The Hall–Kier alpha value is -3.02. The summed E-state index contributed by atoms with van der Waals surface area (Å²) in [6, 6.07) is 8.62. The number of primary amides is 1. The van der Waals surface area contributed by atoms with Gasteiger partial charge in [0.15, 0.2) is 11.5 Å². The summed E-state index contributed by atoms with van der Waals surface area (Å²) in [5.41, 5.74) is 8.99. The van der Waals surface area contributed by atoms with Gasteiger partial charge in [-0.15, -0.1) is 0 Å². The van der Waals surface area contributed by atoms with E-state index in [0.717, 1.165) is 17.5 Å². The van der Waals surface area contributed by atoms with Crippen molar-refractivity contribution >= 4 is 17.5 Å². The number of ether oxygens (including phenoxy) is 2. The number of aryl methyl sites for hydroxylation is 1. The highest BCUT2D eigenvalue weighted by Crippen LogP contribution is 2.33. The molecule has 3 rings (SSSR count). The lowest BCUT2D eigenvalue weighted by molar-refractivity contribution is 0.0995. The standard InChI is InChI=1S/C25H32N2O4/c1-16-9-12-20(24(26)28)19(13-10-17-7-5-4-6-8-17)23(16)27-25(29)18-11-14-21(30-2)22(15-18)31-3/h9,11-12,14-15,17H,4-8,10,13H2,1-3H3,(H2,26,28)(H,27,29). The maximum Gasteiger partial charge on any atom is 0.255 e. The largest absolute Gasteiger partial charge is 0.493 e. The van der Waals surface area contributed by atoms with Gasteiger partial charge in [-0.3, -0.25) is 9.59 Å². The highest BCUT2D eigenvalue weighted by Gasteiger charge is 2.21. The van der Waals surface area contributed by atoms with E-state index >= 15 is 0 Å². The minimum atomic E-state index is -0.472. The molecule has 0 atom stereocenters. The average molecular weight is 425 g/mol. The molecule has 0 heterocycles. The van der Waals surface area contributed by atoms with Crippen LogP contribution in [0.4, 0.5) is 5.69 Å². The molecule has 31 heavy (non-hydrogen) atoms. The minimum absolute atomic E-state index is 0.274. The summed E-state index contributed by atoms with van der Waals surface area (Å²) in [4.78, 5) is 25.2. The van der Waals surface area contributed by atoms with E-state index in [-0.39, 0.29) is 5.91 Å². The normalized spacial score (nSPS) is 14.2. The SMILES string of the molecule is COc1ccc(C(=O)Nc2c(C)ccc(C(N)=O)c2CCC2CCCCC2)cc1OC. The van der Waals surface area contributed by atoms with E-state index in [4.69, 9.17) is 15.2 Å². The van der Waals surface area contributed by atoms with Crippen LogP contribution in [0.2, 0.25) is 0 Å². The highest BCUT2D eigenvalue weighted by atomic mass is 16.5. The first-order chi connectivity index (χ1) is 14.9. The molecule has 6 heteroatoms. The number of rotatable bonds is 8. The predicted octanol–water partition coefficient (Wildman–Crippen LogP) is 4.88. The Labute approximate surface area is 184 Å². The van der Waals surface area contributed by atoms with E-state index < -0.39 is 5.91 Å². The summed E-state index contributed by atoms with van der Waals surface area (Å²) in [6.07, 6.45) is 8.00. The summed E-state index contributed by atoms with van der Waals surface area (Å²) in [5, 5.41) is 3.02. The molecule has 0 spiro atoms. The zero-order valence-corrected chi connectivity index (χ0v) is 18.6. The highest BCUT2D eigenvalue weighted by molar-refractivity contribution is 6.06. The first-order valence-electron chi connectivity index (χ1n) is 10.9. The smallest absolute Gasteiger partial charge is 0.255 e. The molecule has 3 N–H and O–H groups in total. The van der Waals surface area contributed by atoms with Crippen molar-refractivity contribution in [2.24, 2.45) is 11.7 Å². The third-order valence-electron chi connectivity index (χ3n) is 6.20. The van der Waals surface area contributed by atoms with E-state index in [1.54, 1.807) is 31.4 Å². The molecule has 1 aliphatic carbocycles. The van der Waals surface area contributed by atoms with Crippen molar-refractivity contribution in [2.45, 2.75) is 51.9 Å². The molecule has 2 aromatic carbocycles. The zero-order chi connectivity index (χ0) is 22.4. The maximum absolute atomic E-state index is 13.0. The number of nitrogens with one attached hydrogen (secondary N) is 1. The van der Waals surface area contributed by atoms with Crippen molar-refractivity contribution in [3.63, 3.8) is 0 Å². The van der Waals surface area contributed by atoms with Crippen molar-refractivity contribution < 1.29 is 19.1 Å². The number of methoxy groups -OCH3 is 2. The molecule has 2 aromatic rings. The summed E-state index contributed by atoms with van der Waals surface area (Å²) in [7, 11) is 3.08. The van der Waals surface area contributed by atoms with E-state index in [9.17, 15) is 9.59 Å². The number of carbonyl (C=O) groups excluding carboxylic acids is 2. The van der Waals surface area contributed by atoms with Crippen molar-refractivity contribution in [3.8, 4) is 11.5 Å². The lowest BCUT2D eigenvalue weighted by atomic mass is 9.84. The Bertz CT molecular complexity index is 949.